The van der Waals surface area contributed by atoms with Crippen molar-refractivity contribution in [2.24, 2.45) is 19.1 Å². The monoisotopic (exact) mass is 388 g/mol. The van der Waals surface area contributed by atoms with Crippen LogP contribution in [-0.4, -0.2) is 20.3 Å². The van der Waals surface area contributed by atoms with Crippen LogP contribution in [0.5, 0.6) is 0 Å². The van der Waals surface area contributed by atoms with Gasteiger partial charge in [-0.1, -0.05) is 6.07 Å². The van der Waals surface area contributed by atoms with E-state index in [4.69, 9.17) is 0 Å². The van der Waals surface area contributed by atoms with Crippen molar-refractivity contribution in [3.05, 3.63) is 67.0 Å². The molecular weight excluding hydrogens is 376 g/mol. The second-order valence-corrected chi connectivity index (χ2v) is 6.15. The molecule has 0 fully saturated rings. The largest absolute Gasteiger partial charge is 0.328 e. The number of imidazole rings is 1. The number of hydrogen-bond acceptors (Lipinski definition) is 4. The molecular formula is C16H13BrN4O3. The van der Waals surface area contributed by atoms with Gasteiger partial charge in [0, 0.05) is 26.4 Å². The van der Waals surface area contributed by atoms with Gasteiger partial charge in [0.05, 0.1) is 26.1 Å². The molecule has 1 heterocycles. The van der Waals surface area contributed by atoms with E-state index in [-0.39, 0.29) is 11.4 Å². The zero-order valence-corrected chi connectivity index (χ0v) is 14.5. The van der Waals surface area contributed by atoms with Crippen molar-refractivity contribution in [3.63, 3.8) is 0 Å². The molecule has 0 spiro atoms. The van der Waals surface area contributed by atoms with Gasteiger partial charge in [0.25, 0.3) is 5.69 Å². The quantitative estimate of drug-likeness (QED) is 0.392. The minimum absolute atomic E-state index is 0.0140. The van der Waals surface area contributed by atoms with Crippen molar-refractivity contribution >= 4 is 44.6 Å². The molecule has 0 bridgehead atoms. The summed E-state index contributed by atoms with van der Waals surface area (Å²) < 4.78 is 3.55. The number of fused-ring (bicyclic) bond motifs is 1. The number of aromatic nitrogens is 2. The topological polar surface area (TPSA) is 82.4 Å². The number of halogens is 1. The fourth-order valence-electron chi connectivity index (χ4n) is 2.47. The summed E-state index contributed by atoms with van der Waals surface area (Å²) in [4.78, 5) is 26.8. The Morgan fingerprint density at radius 1 is 1.12 bits per heavy atom. The maximum absolute atomic E-state index is 11.9. The highest BCUT2D eigenvalue weighted by molar-refractivity contribution is 9.10. The molecule has 0 N–H and O–H groups in total. The molecule has 1 aromatic heterocycles. The number of nitro benzene ring substituents is 1. The Kier molecular flexibility index (Phi) is 4.06. The van der Waals surface area contributed by atoms with Gasteiger partial charge in [-0.2, -0.15) is 0 Å². The van der Waals surface area contributed by atoms with Gasteiger partial charge in [-0.15, -0.1) is 0 Å². The van der Waals surface area contributed by atoms with Gasteiger partial charge in [0.1, 0.15) is 0 Å². The van der Waals surface area contributed by atoms with E-state index in [1.165, 1.54) is 6.07 Å². The summed E-state index contributed by atoms with van der Waals surface area (Å²) in [5.41, 5.74) is 2.76. The van der Waals surface area contributed by atoms with Crippen LogP contribution in [0.25, 0.3) is 11.0 Å². The normalized spacial score (nSPS) is 11.5. The molecule has 0 saturated carbocycles. The van der Waals surface area contributed by atoms with Crippen LogP contribution in [0.1, 0.15) is 5.56 Å². The van der Waals surface area contributed by atoms with E-state index in [1.54, 1.807) is 53.7 Å². The number of rotatable bonds is 3. The second kappa shape index (κ2) is 6.04. The first-order valence-electron chi connectivity index (χ1n) is 7.02. The highest BCUT2D eigenvalue weighted by Crippen LogP contribution is 2.25. The van der Waals surface area contributed by atoms with Crippen LogP contribution < -0.4 is 5.69 Å². The highest BCUT2D eigenvalue weighted by Gasteiger charge is 2.11. The van der Waals surface area contributed by atoms with E-state index in [0.717, 1.165) is 11.0 Å². The Labute approximate surface area is 145 Å². The van der Waals surface area contributed by atoms with E-state index >= 15 is 0 Å². The molecule has 3 rings (SSSR count). The Morgan fingerprint density at radius 3 is 2.54 bits per heavy atom. The van der Waals surface area contributed by atoms with Crippen LogP contribution >= 0.6 is 15.9 Å². The first-order valence-corrected chi connectivity index (χ1v) is 7.81. The lowest BCUT2D eigenvalue weighted by Crippen LogP contribution is -2.19. The lowest BCUT2D eigenvalue weighted by Gasteiger charge is -1.99. The molecule has 0 aliphatic carbocycles. The smallest absolute Gasteiger partial charge is 0.295 e. The molecule has 0 unspecified atom stereocenters. The summed E-state index contributed by atoms with van der Waals surface area (Å²) >= 11 is 3.15. The van der Waals surface area contributed by atoms with Crippen LogP contribution in [0.3, 0.4) is 0 Å². The Balaban J connectivity index is 1.99. The van der Waals surface area contributed by atoms with Crippen molar-refractivity contribution in [1.82, 2.24) is 9.13 Å². The average molecular weight is 389 g/mol. The van der Waals surface area contributed by atoms with Crippen molar-refractivity contribution in [2.75, 3.05) is 0 Å². The van der Waals surface area contributed by atoms with Gasteiger partial charge in [0.2, 0.25) is 0 Å². The molecule has 8 heteroatoms. The van der Waals surface area contributed by atoms with E-state index in [1.807, 2.05) is 6.07 Å². The zero-order valence-electron chi connectivity index (χ0n) is 12.9. The molecule has 3 aromatic rings. The van der Waals surface area contributed by atoms with Crippen molar-refractivity contribution in [3.8, 4) is 0 Å². The van der Waals surface area contributed by atoms with Gasteiger partial charge < -0.3 is 0 Å². The van der Waals surface area contributed by atoms with E-state index in [9.17, 15) is 14.9 Å². The molecule has 0 atom stereocenters. The first kappa shape index (κ1) is 16.1. The highest BCUT2D eigenvalue weighted by atomic mass is 79.9. The van der Waals surface area contributed by atoms with Crippen LogP contribution in [0.4, 0.5) is 11.4 Å². The number of nitro groups is 1. The minimum atomic E-state index is -0.451. The third kappa shape index (κ3) is 2.76. The number of aliphatic imine (C=N–C) groups is 1. The Hall–Kier alpha value is -2.74. The molecule has 0 aliphatic rings. The van der Waals surface area contributed by atoms with Gasteiger partial charge in [-0.05, 0) is 45.8 Å². The standard InChI is InChI=1S/C16H13BrN4O3/c1-19-13-6-4-11(8-15(13)20(2)16(19)22)18-9-10-3-5-12(17)14(7-10)21(23)24/h3-9H,1-2H3. The Bertz CT molecular complexity index is 1050. The van der Waals surface area contributed by atoms with Crippen LogP contribution in [-0.2, 0) is 14.1 Å². The van der Waals surface area contributed by atoms with Crippen LogP contribution in [0, 0.1) is 10.1 Å². The zero-order chi connectivity index (χ0) is 17.4. The van der Waals surface area contributed by atoms with E-state index in [2.05, 4.69) is 20.9 Å². The summed E-state index contributed by atoms with van der Waals surface area (Å²) in [6.07, 6.45) is 1.56. The van der Waals surface area contributed by atoms with Crippen molar-refractivity contribution < 1.29 is 4.92 Å². The molecule has 0 amide bonds. The van der Waals surface area contributed by atoms with Gasteiger partial charge in [-0.25, -0.2) is 4.79 Å². The number of hydrogen-bond donors (Lipinski definition) is 0. The Morgan fingerprint density at radius 2 is 1.83 bits per heavy atom. The number of nitrogens with zero attached hydrogens (tertiary/aromatic N) is 4. The third-order valence-corrected chi connectivity index (χ3v) is 4.46. The van der Waals surface area contributed by atoms with Crippen LogP contribution in [0.15, 0.2) is 50.7 Å². The lowest BCUT2D eigenvalue weighted by molar-refractivity contribution is -0.385. The lowest BCUT2D eigenvalue weighted by atomic mass is 10.2. The number of benzene rings is 2. The molecule has 0 radical (unpaired) electrons. The van der Waals surface area contributed by atoms with Crippen molar-refractivity contribution in [1.29, 1.82) is 0 Å². The fraction of sp³-hybridized carbons (Fsp3) is 0.125. The summed E-state index contributed by atoms with van der Waals surface area (Å²) in [6.45, 7) is 0. The maximum Gasteiger partial charge on any atom is 0.328 e. The van der Waals surface area contributed by atoms with E-state index in [0.29, 0.717) is 15.7 Å². The SMILES string of the molecule is Cn1c(=O)n(C)c2cc(N=Cc3ccc(Br)c([N+](=O)[O-])c3)ccc21. The molecule has 2 aromatic carbocycles. The second-order valence-electron chi connectivity index (χ2n) is 5.30. The fourth-order valence-corrected chi connectivity index (χ4v) is 2.87. The molecule has 0 saturated heterocycles. The molecule has 122 valence electrons. The summed E-state index contributed by atoms with van der Waals surface area (Å²) in [5.74, 6) is 0. The molecule has 7 nitrogen and oxygen atoms in total. The summed E-state index contributed by atoms with van der Waals surface area (Å²) in [5, 5.41) is 11.0. The van der Waals surface area contributed by atoms with Crippen molar-refractivity contribution in [2.45, 2.75) is 0 Å². The predicted octanol–water partition coefficient (Wildman–Crippen LogP) is 3.30. The van der Waals surface area contributed by atoms with Gasteiger partial charge in [0.15, 0.2) is 0 Å². The summed E-state index contributed by atoms with van der Waals surface area (Å²) in [7, 11) is 3.42. The maximum atomic E-state index is 11.9. The first-order chi connectivity index (χ1) is 11.4. The van der Waals surface area contributed by atoms with Gasteiger partial charge in [-0.3, -0.25) is 24.2 Å². The van der Waals surface area contributed by atoms with Crippen LogP contribution in [0.2, 0.25) is 0 Å². The van der Waals surface area contributed by atoms with Gasteiger partial charge >= 0.3 is 5.69 Å². The third-order valence-electron chi connectivity index (χ3n) is 3.79. The molecule has 0 aliphatic heterocycles. The number of aryl methyl sites for hydroxylation is 2. The average Bonchev–Trinajstić information content (AvgIpc) is 2.78. The molecule has 24 heavy (non-hydrogen) atoms. The summed E-state index contributed by atoms with van der Waals surface area (Å²) in [6, 6.07) is 10.2. The predicted molar refractivity (Wildman–Crippen MR) is 96.2 cm³/mol. The minimum Gasteiger partial charge on any atom is -0.295 e. The van der Waals surface area contributed by atoms with E-state index < -0.39 is 4.92 Å².